The van der Waals surface area contributed by atoms with Crippen molar-refractivity contribution in [3.8, 4) is 0 Å². The molecule has 4 fully saturated rings. The van der Waals surface area contributed by atoms with Crippen LogP contribution in [0, 0.1) is 23.2 Å². The third-order valence-corrected chi connectivity index (χ3v) is 6.88. The molecule has 162 valence electrons. The van der Waals surface area contributed by atoms with E-state index in [1.165, 1.54) is 0 Å². The van der Waals surface area contributed by atoms with Gasteiger partial charge >= 0.3 is 5.97 Å². The summed E-state index contributed by atoms with van der Waals surface area (Å²) in [5.74, 6) is 0.383. The summed E-state index contributed by atoms with van der Waals surface area (Å²) in [6, 6.07) is 6.63. The predicted molar refractivity (Wildman–Crippen MR) is 112 cm³/mol. The van der Waals surface area contributed by atoms with Crippen LogP contribution in [0.5, 0.6) is 0 Å². The van der Waals surface area contributed by atoms with Crippen molar-refractivity contribution < 1.29 is 24.2 Å². The van der Waals surface area contributed by atoms with Gasteiger partial charge in [-0.2, -0.15) is 0 Å². The summed E-state index contributed by atoms with van der Waals surface area (Å²) in [4.78, 5) is 37.3. The molecule has 2 N–H and O–H groups in total. The SMILES string of the molecule is CC(C)CC(=O)Nc1ccc(C(=O)COC(=O)C23CC4CC(CC(O)(C4)C2)C3)cc1. The lowest BCUT2D eigenvalue weighted by Gasteiger charge is -2.58. The predicted octanol–water partition coefficient (Wildman–Crippen LogP) is 3.73. The lowest BCUT2D eigenvalue weighted by molar-refractivity contribution is -0.195. The molecular weight excluding hydrogens is 382 g/mol. The molecular formula is C24H31NO5. The molecule has 0 aliphatic heterocycles. The highest BCUT2D eigenvalue weighted by Crippen LogP contribution is 2.61. The Hall–Kier alpha value is -2.21. The molecule has 4 aliphatic carbocycles. The number of carbonyl (C=O) groups is 3. The van der Waals surface area contributed by atoms with Crippen LogP contribution in [0.2, 0.25) is 0 Å². The summed E-state index contributed by atoms with van der Waals surface area (Å²) >= 11 is 0. The molecule has 0 saturated heterocycles. The summed E-state index contributed by atoms with van der Waals surface area (Å²) in [5.41, 5.74) is -0.281. The summed E-state index contributed by atoms with van der Waals surface area (Å²) in [7, 11) is 0. The fourth-order valence-electron chi connectivity index (χ4n) is 6.14. The average Bonchev–Trinajstić information content (AvgIpc) is 2.63. The fraction of sp³-hybridized carbons (Fsp3) is 0.625. The van der Waals surface area contributed by atoms with Crippen molar-refractivity contribution in [2.24, 2.45) is 23.2 Å². The van der Waals surface area contributed by atoms with E-state index in [1.54, 1.807) is 24.3 Å². The second kappa shape index (κ2) is 7.80. The minimum atomic E-state index is -0.733. The number of anilines is 1. The number of ether oxygens (including phenoxy) is 1. The number of benzene rings is 1. The Labute approximate surface area is 177 Å². The number of nitrogens with one attached hydrogen (secondary N) is 1. The Morgan fingerprint density at radius 2 is 1.73 bits per heavy atom. The van der Waals surface area contributed by atoms with Gasteiger partial charge < -0.3 is 15.2 Å². The molecule has 1 aromatic rings. The molecule has 4 aliphatic rings. The number of esters is 1. The molecule has 5 rings (SSSR count). The normalized spacial score (nSPS) is 31.6. The maximum Gasteiger partial charge on any atom is 0.312 e. The average molecular weight is 414 g/mol. The second-order valence-corrected chi connectivity index (χ2v) is 10.2. The van der Waals surface area contributed by atoms with E-state index in [0.29, 0.717) is 35.9 Å². The third-order valence-electron chi connectivity index (χ3n) is 6.88. The largest absolute Gasteiger partial charge is 0.457 e. The molecule has 0 aromatic heterocycles. The lowest BCUT2D eigenvalue weighted by Crippen LogP contribution is -2.58. The maximum absolute atomic E-state index is 12.9. The zero-order chi connectivity index (χ0) is 21.5. The molecule has 1 amide bonds. The van der Waals surface area contributed by atoms with E-state index < -0.39 is 11.0 Å². The van der Waals surface area contributed by atoms with Crippen LogP contribution < -0.4 is 5.32 Å². The van der Waals surface area contributed by atoms with Crippen LogP contribution in [0.3, 0.4) is 0 Å². The lowest BCUT2D eigenvalue weighted by atomic mass is 9.48. The number of ketones is 1. The maximum atomic E-state index is 12.9. The molecule has 30 heavy (non-hydrogen) atoms. The van der Waals surface area contributed by atoms with Crippen molar-refractivity contribution >= 4 is 23.3 Å². The topological polar surface area (TPSA) is 92.7 Å². The molecule has 2 unspecified atom stereocenters. The number of Topliss-reactive ketones (excluding diaryl/α,β-unsaturated/α-hetero) is 1. The summed E-state index contributed by atoms with van der Waals surface area (Å²) in [6.45, 7) is 3.66. The van der Waals surface area contributed by atoms with Crippen molar-refractivity contribution in [1.82, 2.24) is 0 Å². The van der Waals surface area contributed by atoms with E-state index in [9.17, 15) is 19.5 Å². The van der Waals surface area contributed by atoms with Crippen LogP contribution in [-0.2, 0) is 14.3 Å². The molecule has 1 aromatic carbocycles. The number of hydrogen-bond donors (Lipinski definition) is 2. The minimum Gasteiger partial charge on any atom is -0.457 e. The van der Waals surface area contributed by atoms with Crippen LogP contribution in [0.1, 0.15) is 69.2 Å². The quantitative estimate of drug-likeness (QED) is 0.525. The van der Waals surface area contributed by atoms with Gasteiger partial charge in [0.15, 0.2) is 12.4 Å². The Balaban J connectivity index is 1.32. The van der Waals surface area contributed by atoms with Gasteiger partial charge in [0, 0.05) is 17.7 Å². The van der Waals surface area contributed by atoms with Crippen LogP contribution in [0.25, 0.3) is 0 Å². The van der Waals surface area contributed by atoms with E-state index in [-0.39, 0.29) is 30.2 Å². The zero-order valence-electron chi connectivity index (χ0n) is 17.8. The van der Waals surface area contributed by atoms with Crippen LogP contribution in [0.4, 0.5) is 5.69 Å². The monoisotopic (exact) mass is 413 g/mol. The van der Waals surface area contributed by atoms with E-state index in [1.807, 2.05) is 13.8 Å². The number of hydrogen-bond acceptors (Lipinski definition) is 5. The van der Waals surface area contributed by atoms with Gasteiger partial charge in [0.1, 0.15) is 0 Å². The Bertz CT molecular complexity index is 830. The highest BCUT2D eigenvalue weighted by molar-refractivity contribution is 5.99. The molecule has 0 spiro atoms. The van der Waals surface area contributed by atoms with Gasteiger partial charge in [0.2, 0.25) is 5.91 Å². The van der Waals surface area contributed by atoms with Crippen molar-refractivity contribution in [2.75, 3.05) is 11.9 Å². The van der Waals surface area contributed by atoms with E-state index in [4.69, 9.17) is 4.74 Å². The molecule has 4 bridgehead atoms. The Morgan fingerprint density at radius 3 is 2.30 bits per heavy atom. The molecule has 2 atom stereocenters. The first-order chi connectivity index (χ1) is 14.2. The van der Waals surface area contributed by atoms with Crippen molar-refractivity contribution in [2.45, 2.75) is 64.4 Å². The first kappa shape index (κ1) is 21.0. The van der Waals surface area contributed by atoms with Crippen molar-refractivity contribution in [1.29, 1.82) is 0 Å². The third kappa shape index (κ3) is 4.29. The van der Waals surface area contributed by atoms with Gasteiger partial charge in [-0.3, -0.25) is 14.4 Å². The Kier molecular flexibility index (Phi) is 5.47. The Morgan fingerprint density at radius 1 is 1.10 bits per heavy atom. The van der Waals surface area contributed by atoms with Gasteiger partial charge in [-0.25, -0.2) is 0 Å². The first-order valence-corrected chi connectivity index (χ1v) is 11.0. The molecule has 6 heteroatoms. The first-order valence-electron chi connectivity index (χ1n) is 11.0. The molecule has 0 radical (unpaired) electrons. The van der Waals surface area contributed by atoms with E-state index >= 15 is 0 Å². The number of aliphatic hydroxyl groups is 1. The van der Waals surface area contributed by atoms with Gasteiger partial charge in [-0.05, 0) is 80.5 Å². The summed E-state index contributed by atoms with van der Waals surface area (Å²) < 4.78 is 5.46. The summed E-state index contributed by atoms with van der Waals surface area (Å²) in [6.07, 6.45) is 5.11. The second-order valence-electron chi connectivity index (χ2n) is 10.2. The molecule has 6 nitrogen and oxygen atoms in total. The number of carbonyl (C=O) groups excluding carboxylic acids is 3. The standard InChI is InChI=1S/C24H31NO5/c1-15(2)7-21(27)25-19-5-3-18(4-6-19)20(26)13-30-22(28)23-9-16-8-17(10-23)12-24(29,11-16)14-23/h3-6,15-17,29H,7-14H2,1-2H3,(H,25,27). The number of rotatable bonds is 7. The molecule has 4 saturated carbocycles. The van der Waals surface area contributed by atoms with E-state index in [0.717, 1.165) is 32.1 Å². The van der Waals surface area contributed by atoms with E-state index in [2.05, 4.69) is 5.32 Å². The summed E-state index contributed by atoms with van der Waals surface area (Å²) in [5, 5.41) is 13.6. The smallest absolute Gasteiger partial charge is 0.312 e. The molecule has 0 heterocycles. The van der Waals surface area contributed by atoms with Crippen molar-refractivity contribution in [3.05, 3.63) is 29.8 Å². The van der Waals surface area contributed by atoms with Crippen LogP contribution >= 0.6 is 0 Å². The van der Waals surface area contributed by atoms with Gasteiger partial charge in [-0.1, -0.05) is 13.8 Å². The van der Waals surface area contributed by atoms with Gasteiger partial charge in [-0.15, -0.1) is 0 Å². The highest BCUT2D eigenvalue weighted by atomic mass is 16.5. The van der Waals surface area contributed by atoms with Crippen LogP contribution in [-0.4, -0.2) is 35.0 Å². The minimum absolute atomic E-state index is 0.0600. The van der Waals surface area contributed by atoms with Crippen LogP contribution in [0.15, 0.2) is 24.3 Å². The van der Waals surface area contributed by atoms with Crippen molar-refractivity contribution in [3.63, 3.8) is 0 Å². The fourth-order valence-corrected chi connectivity index (χ4v) is 6.14. The van der Waals surface area contributed by atoms with Gasteiger partial charge in [0.25, 0.3) is 0 Å². The number of amides is 1. The van der Waals surface area contributed by atoms with Gasteiger partial charge in [0.05, 0.1) is 11.0 Å². The zero-order valence-corrected chi connectivity index (χ0v) is 17.8. The highest BCUT2D eigenvalue weighted by Gasteiger charge is 2.60.